The number of halogens is 2. The van der Waals surface area contributed by atoms with Gasteiger partial charge in [-0.2, -0.15) is 0 Å². The molecule has 1 nitrogen and oxygen atoms in total. The maximum Gasteiger partial charge on any atom is 0.126 e. The molecular formula is C17H17BrFN. The standard InChI is InChI=1S/C17H17BrFN/c1-11-8-15(6-7-17(11)19)20-16-5-3-12-9-14(18)4-2-13(12)10-16/h2,4,6-9,16,20H,3,5,10H2,1H3. The minimum Gasteiger partial charge on any atom is -0.382 e. The van der Waals surface area contributed by atoms with Crippen LogP contribution in [-0.4, -0.2) is 6.04 Å². The highest BCUT2D eigenvalue weighted by atomic mass is 79.9. The lowest BCUT2D eigenvalue weighted by molar-refractivity contribution is 0.607. The van der Waals surface area contributed by atoms with Crippen molar-refractivity contribution < 1.29 is 4.39 Å². The Bertz CT molecular complexity index is 639. The third kappa shape index (κ3) is 2.88. The van der Waals surface area contributed by atoms with Gasteiger partial charge in [0.05, 0.1) is 0 Å². The van der Waals surface area contributed by atoms with E-state index in [0.29, 0.717) is 11.6 Å². The minimum atomic E-state index is -0.144. The van der Waals surface area contributed by atoms with Gasteiger partial charge >= 0.3 is 0 Å². The number of aryl methyl sites for hydroxylation is 2. The van der Waals surface area contributed by atoms with Crippen LogP contribution in [0.2, 0.25) is 0 Å². The van der Waals surface area contributed by atoms with Crippen molar-refractivity contribution >= 4 is 21.6 Å². The summed E-state index contributed by atoms with van der Waals surface area (Å²) in [7, 11) is 0. The number of hydrogen-bond donors (Lipinski definition) is 1. The van der Waals surface area contributed by atoms with Crippen LogP contribution in [0.1, 0.15) is 23.1 Å². The van der Waals surface area contributed by atoms with Crippen LogP contribution in [0.25, 0.3) is 0 Å². The van der Waals surface area contributed by atoms with Crippen LogP contribution in [0, 0.1) is 12.7 Å². The summed E-state index contributed by atoms with van der Waals surface area (Å²) in [5.41, 5.74) is 4.55. The Morgan fingerprint density at radius 1 is 1.15 bits per heavy atom. The van der Waals surface area contributed by atoms with Gasteiger partial charge in [-0.15, -0.1) is 0 Å². The average molecular weight is 334 g/mol. The summed E-state index contributed by atoms with van der Waals surface area (Å²) >= 11 is 3.52. The summed E-state index contributed by atoms with van der Waals surface area (Å²) in [6.07, 6.45) is 3.23. The quantitative estimate of drug-likeness (QED) is 0.826. The zero-order valence-electron chi connectivity index (χ0n) is 11.4. The highest BCUT2D eigenvalue weighted by Crippen LogP contribution is 2.26. The van der Waals surface area contributed by atoms with Gasteiger partial charge in [-0.25, -0.2) is 4.39 Å². The molecule has 2 aromatic carbocycles. The molecule has 3 heteroatoms. The fourth-order valence-electron chi connectivity index (χ4n) is 2.82. The van der Waals surface area contributed by atoms with Gasteiger partial charge in [0.15, 0.2) is 0 Å². The maximum absolute atomic E-state index is 13.3. The molecule has 1 aliphatic rings. The van der Waals surface area contributed by atoms with Crippen LogP contribution >= 0.6 is 15.9 Å². The summed E-state index contributed by atoms with van der Waals surface area (Å²) in [4.78, 5) is 0. The largest absolute Gasteiger partial charge is 0.382 e. The van der Waals surface area contributed by atoms with E-state index in [4.69, 9.17) is 0 Å². The Labute approximate surface area is 127 Å². The van der Waals surface area contributed by atoms with E-state index >= 15 is 0 Å². The predicted molar refractivity (Wildman–Crippen MR) is 84.7 cm³/mol. The Balaban J connectivity index is 1.74. The lowest BCUT2D eigenvalue weighted by atomic mass is 9.88. The summed E-state index contributed by atoms with van der Waals surface area (Å²) < 4.78 is 14.4. The van der Waals surface area contributed by atoms with Crippen LogP contribution in [0.5, 0.6) is 0 Å². The van der Waals surface area contributed by atoms with Crippen molar-refractivity contribution in [1.29, 1.82) is 0 Å². The highest BCUT2D eigenvalue weighted by Gasteiger charge is 2.18. The van der Waals surface area contributed by atoms with E-state index in [0.717, 1.165) is 29.4 Å². The van der Waals surface area contributed by atoms with E-state index in [1.165, 1.54) is 17.2 Å². The summed E-state index contributed by atoms with van der Waals surface area (Å²) in [6, 6.07) is 12.2. The van der Waals surface area contributed by atoms with E-state index in [-0.39, 0.29) is 5.82 Å². The van der Waals surface area contributed by atoms with Crippen LogP contribution in [0.4, 0.5) is 10.1 Å². The van der Waals surface area contributed by atoms with Gasteiger partial charge in [-0.05, 0) is 73.2 Å². The van der Waals surface area contributed by atoms with Crippen LogP contribution < -0.4 is 5.32 Å². The topological polar surface area (TPSA) is 12.0 Å². The fourth-order valence-corrected chi connectivity index (χ4v) is 3.23. The van der Waals surface area contributed by atoms with Crippen LogP contribution in [-0.2, 0) is 12.8 Å². The third-order valence-corrected chi connectivity index (χ3v) is 4.42. The molecule has 3 rings (SSSR count). The monoisotopic (exact) mass is 333 g/mol. The molecule has 0 heterocycles. The van der Waals surface area contributed by atoms with Gasteiger partial charge in [0, 0.05) is 16.2 Å². The first kappa shape index (κ1) is 13.6. The molecule has 1 aliphatic carbocycles. The van der Waals surface area contributed by atoms with Crippen LogP contribution in [0.3, 0.4) is 0 Å². The third-order valence-electron chi connectivity index (χ3n) is 3.93. The molecular weight excluding hydrogens is 317 g/mol. The van der Waals surface area contributed by atoms with Gasteiger partial charge in [0.2, 0.25) is 0 Å². The molecule has 0 saturated heterocycles. The number of fused-ring (bicyclic) bond motifs is 1. The number of nitrogens with one attached hydrogen (secondary N) is 1. The Morgan fingerprint density at radius 3 is 2.80 bits per heavy atom. The number of rotatable bonds is 2. The van der Waals surface area contributed by atoms with Crippen molar-refractivity contribution in [2.75, 3.05) is 5.32 Å². The second kappa shape index (κ2) is 5.57. The zero-order chi connectivity index (χ0) is 14.1. The Kier molecular flexibility index (Phi) is 3.79. The Morgan fingerprint density at radius 2 is 2.00 bits per heavy atom. The van der Waals surface area contributed by atoms with Crippen LogP contribution in [0.15, 0.2) is 40.9 Å². The lowest BCUT2D eigenvalue weighted by Gasteiger charge is -2.26. The molecule has 0 radical (unpaired) electrons. The minimum absolute atomic E-state index is 0.144. The molecule has 0 amide bonds. The van der Waals surface area contributed by atoms with E-state index in [1.54, 1.807) is 6.92 Å². The summed E-state index contributed by atoms with van der Waals surface area (Å²) in [5.74, 6) is -0.144. The average Bonchev–Trinajstić information content (AvgIpc) is 2.43. The molecule has 0 fully saturated rings. The van der Waals surface area contributed by atoms with Gasteiger partial charge < -0.3 is 5.32 Å². The maximum atomic E-state index is 13.3. The number of anilines is 1. The van der Waals surface area contributed by atoms with Gasteiger partial charge in [0.1, 0.15) is 5.82 Å². The number of hydrogen-bond acceptors (Lipinski definition) is 1. The molecule has 1 N–H and O–H groups in total. The molecule has 1 atom stereocenters. The molecule has 0 saturated carbocycles. The zero-order valence-corrected chi connectivity index (χ0v) is 13.0. The normalized spacial score (nSPS) is 17.6. The van der Waals surface area contributed by atoms with Gasteiger partial charge in [-0.3, -0.25) is 0 Å². The summed E-state index contributed by atoms with van der Waals surface area (Å²) in [5, 5.41) is 3.53. The van der Waals surface area contributed by atoms with E-state index in [2.05, 4.69) is 39.4 Å². The van der Waals surface area contributed by atoms with E-state index < -0.39 is 0 Å². The molecule has 0 aliphatic heterocycles. The predicted octanol–water partition coefficient (Wildman–Crippen LogP) is 4.87. The second-order valence-electron chi connectivity index (χ2n) is 5.46. The fraction of sp³-hybridized carbons (Fsp3) is 0.294. The molecule has 1 unspecified atom stereocenters. The smallest absolute Gasteiger partial charge is 0.126 e. The van der Waals surface area contributed by atoms with Gasteiger partial charge in [0.25, 0.3) is 0 Å². The lowest BCUT2D eigenvalue weighted by Crippen LogP contribution is -2.27. The number of benzene rings is 2. The highest BCUT2D eigenvalue weighted by molar-refractivity contribution is 9.10. The van der Waals surface area contributed by atoms with Crippen molar-refractivity contribution in [1.82, 2.24) is 0 Å². The first-order chi connectivity index (χ1) is 9.61. The molecule has 104 valence electrons. The van der Waals surface area contributed by atoms with Crippen molar-refractivity contribution in [2.45, 2.75) is 32.2 Å². The van der Waals surface area contributed by atoms with Gasteiger partial charge in [-0.1, -0.05) is 22.0 Å². The molecule has 0 aromatic heterocycles. The van der Waals surface area contributed by atoms with Crippen molar-refractivity contribution in [3.63, 3.8) is 0 Å². The second-order valence-corrected chi connectivity index (χ2v) is 6.38. The Hall–Kier alpha value is -1.35. The molecule has 0 spiro atoms. The molecule has 0 bridgehead atoms. The van der Waals surface area contributed by atoms with E-state index in [1.807, 2.05) is 12.1 Å². The molecule has 2 aromatic rings. The first-order valence-electron chi connectivity index (χ1n) is 6.92. The van der Waals surface area contributed by atoms with Crippen molar-refractivity contribution in [3.05, 3.63) is 63.4 Å². The summed E-state index contributed by atoms with van der Waals surface area (Å²) in [6.45, 7) is 1.80. The van der Waals surface area contributed by atoms with Crippen molar-refractivity contribution in [2.24, 2.45) is 0 Å². The molecule has 20 heavy (non-hydrogen) atoms. The van der Waals surface area contributed by atoms with Crippen molar-refractivity contribution in [3.8, 4) is 0 Å². The van der Waals surface area contributed by atoms with E-state index in [9.17, 15) is 4.39 Å². The SMILES string of the molecule is Cc1cc(NC2CCc3cc(Br)ccc3C2)ccc1F. The first-order valence-corrected chi connectivity index (χ1v) is 7.71.